The van der Waals surface area contributed by atoms with E-state index in [9.17, 15) is 24.0 Å². The van der Waals surface area contributed by atoms with E-state index >= 15 is 0 Å². The molecule has 1 heterocycles. The van der Waals surface area contributed by atoms with Crippen LogP contribution in [0, 0.1) is 29.6 Å². The molecule has 1 aromatic rings. The van der Waals surface area contributed by atoms with Crippen molar-refractivity contribution in [2.45, 2.75) is 46.1 Å². The molecule has 182 valence electrons. The smallest absolute Gasteiger partial charge is 0.338 e. The molecule has 2 bridgehead atoms. The Balaban J connectivity index is 1.26. The van der Waals surface area contributed by atoms with Gasteiger partial charge in [0.25, 0.3) is 5.91 Å². The Morgan fingerprint density at radius 1 is 0.971 bits per heavy atom. The van der Waals surface area contributed by atoms with Gasteiger partial charge in [-0.1, -0.05) is 13.8 Å². The molecule has 9 nitrogen and oxygen atoms in total. The van der Waals surface area contributed by atoms with Crippen LogP contribution in [0.1, 0.15) is 50.4 Å². The molecule has 1 aliphatic heterocycles. The Morgan fingerprint density at radius 3 is 2.12 bits per heavy atom. The van der Waals surface area contributed by atoms with Gasteiger partial charge in [0.1, 0.15) is 6.04 Å². The maximum Gasteiger partial charge on any atom is 0.338 e. The van der Waals surface area contributed by atoms with Crippen molar-refractivity contribution in [2.24, 2.45) is 29.6 Å². The first-order chi connectivity index (χ1) is 16.2. The fraction of sp³-hybridized carbons (Fsp3) is 0.560. The third kappa shape index (κ3) is 4.56. The molecule has 1 N–H and O–H groups in total. The van der Waals surface area contributed by atoms with Gasteiger partial charge in [-0.2, -0.15) is 0 Å². The number of carbonyl (C=O) groups is 5. The number of imide groups is 1. The minimum atomic E-state index is -1.08. The fourth-order valence-electron chi connectivity index (χ4n) is 5.39. The largest absolute Gasteiger partial charge is 0.462 e. The quantitative estimate of drug-likeness (QED) is 0.458. The number of esters is 2. The van der Waals surface area contributed by atoms with Crippen molar-refractivity contribution in [3.05, 3.63) is 29.8 Å². The number of likely N-dealkylation sites (tertiary alicyclic amines) is 1. The number of fused-ring (bicyclic) bond motifs is 5. The van der Waals surface area contributed by atoms with E-state index < -0.39 is 30.5 Å². The lowest BCUT2D eigenvalue weighted by Gasteiger charge is -2.23. The number of hydrogen-bond donors (Lipinski definition) is 1. The Labute approximate surface area is 198 Å². The molecular formula is C25H30N2O7. The number of benzene rings is 1. The van der Waals surface area contributed by atoms with Crippen molar-refractivity contribution >= 4 is 35.3 Å². The summed E-state index contributed by atoms with van der Waals surface area (Å²) in [5.41, 5.74) is 0.778. The summed E-state index contributed by atoms with van der Waals surface area (Å²) in [6, 6.07) is 5.07. The second-order valence-corrected chi connectivity index (χ2v) is 9.83. The van der Waals surface area contributed by atoms with Gasteiger partial charge >= 0.3 is 11.9 Å². The number of anilines is 1. The zero-order valence-electron chi connectivity index (χ0n) is 19.6. The Bertz CT molecular complexity index is 975. The van der Waals surface area contributed by atoms with Crippen LogP contribution in [0.15, 0.2) is 24.3 Å². The van der Waals surface area contributed by atoms with Gasteiger partial charge in [-0.15, -0.1) is 0 Å². The highest BCUT2D eigenvalue weighted by Crippen LogP contribution is 2.56. The van der Waals surface area contributed by atoms with Gasteiger partial charge in [-0.05, 0) is 68.2 Å². The molecule has 3 fully saturated rings. The van der Waals surface area contributed by atoms with Crippen molar-refractivity contribution in [2.75, 3.05) is 18.5 Å². The standard InChI is InChI=1S/C25H30N2O7/c1-13(2)11-33-25(32)15-6-8-18(9-7-15)26-19(28)12-34-24(31)14(3)27-22(29)20-16-4-5-17(10-16)21(20)23(27)30/h6-9,13-14,16-17,20-21H,4-5,10-12H2,1-3H3,(H,26,28)/t14-,16-,17-,20-,21-/m0/s1. The molecule has 0 spiro atoms. The van der Waals surface area contributed by atoms with Gasteiger partial charge in [-0.25, -0.2) is 9.59 Å². The van der Waals surface area contributed by atoms with E-state index in [4.69, 9.17) is 9.47 Å². The lowest BCUT2D eigenvalue weighted by Crippen LogP contribution is -2.45. The Hall–Kier alpha value is -3.23. The molecule has 0 unspecified atom stereocenters. The summed E-state index contributed by atoms with van der Waals surface area (Å²) in [6.45, 7) is 5.09. The highest BCUT2D eigenvalue weighted by atomic mass is 16.5. The number of carbonyl (C=O) groups excluding carboxylic acids is 5. The van der Waals surface area contributed by atoms with Crippen molar-refractivity contribution < 1.29 is 33.4 Å². The molecule has 2 saturated carbocycles. The summed E-state index contributed by atoms with van der Waals surface area (Å²) < 4.78 is 10.2. The SMILES string of the molecule is CC(C)COC(=O)c1ccc(NC(=O)COC(=O)[C@H](C)N2C(=O)[C@H]3[C@H]4CC[C@@H](C4)[C@@H]3C2=O)cc1. The highest BCUT2D eigenvalue weighted by Gasteiger charge is 2.62. The van der Waals surface area contributed by atoms with E-state index in [1.54, 1.807) is 12.1 Å². The third-order valence-electron chi connectivity index (χ3n) is 6.99. The second kappa shape index (κ2) is 9.56. The van der Waals surface area contributed by atoms with Crippen LogP contribution in [0.4, 0.5) is 5.69 Å². The van der Waals surface area contributed by atoms with Crippen molar-refractivity contribution in [3.8, 4) is 0 Å². The van der Waals surface area contributed by atoms with Crippen molar-refractivity contribution in [1.29, 1.82) is 0 Å². The van der Waals surface area contributed by atoms with Crippen LogP contribution in [0.2, 0.25) is 0 Å². The number of nitrogens with one attached hydrogen (secondary N) is 1. The lowest BCUT2D eigenvalue weighted by atomic mass is 9.81. The maximum absolute atomic E-state index is 12.8. The van der Waals surface area contributed by atoms with Gasteiger partial charge in [0.05, 0.1) is 24.0 Å². The third-order valence-corrected chi connectivity index (χ3v) is 6.99. The first-order valence-corrected chi connectivity index (χ1v) is 11.8. The molecule has 34 heavy (non-hydrogen) atoms. The average Bonchev–Trinajstić information content (AvgIpc) is 3.49. The molecule has 4 rings (SSSR count). The van der Waals surface area contributed by atoms with Crippen LogP contribution < -0.4 is 5.32 Å². The Kier molecular flexibility index (Phi) is 6.72. The molecule has 3 aliphatic rings. The summed E-state index contributed by atoms with van der Waals surface area (Å²) in [5.74, 6) is -2.33. The topological polar surface area (TPSA) is 119 Å². The molecule has 0 radical (unpaired) electrons. The van der Waals surface area contributed by atoms with Crippen molar-refractivity contribution in [1.82, 2.24) is 4.90 Å². The minimum absolute atomic E-state index is 0.226. The molecule has 3 amide bonds. The van der Waals surface area contributed by atoms with E-state index in [1.807, 2.05) is 13.8 Å². The molecule has 0 aromatic heterocycles. The molecule has 5 atom stereocenters. The first-order valence-electron chi connectivity index (χ1n) is 11.8. The molecule has 1 saturated heterocycles. The van der Waals surface area contributed by atoms with Crippen LogP contribution in [0.25, 0.3) is 0 Å². The lowest BCUT2D eigenvalue weighted by molar-refractivity contribution is -0.159. The minimum Gasteiger partial charge on any atom is -0.462 e. The zero-order valence-corrected chi connectivity index (χ0v) is 19.6. The van der Waals surface area contributed by atoms with E-state index in [0.717, 1.165) is 24.2 Å². The number of rotatable bonds is 8. The van der Waals surface area contributed by atoms with Crippen molar-refractivity contribution in [3.63, 3.8) is 0 Å². The van der Waals surface area contributed by atoms with Crippen LogP contribution in [0.3, 0.4) is 0 Å². The second-order valence-electron chi connectivity index (χ2n) is 9.83. The number of nitrogens with zero attached hydrogens (tertiary/aromatic N) is 1. The van der Waals surface area contributed by atoms with Gasteiger partial charge in [0, 0.05) is 5.69 Å². The molecule has 1 aromatic carbocycles. The predicted molar refractivity (Wildman–Crippen MR) is 120 cm³/mol. The van der Waals surface area contributed by atoms with Gasteiger partial charge in [-0.3, -0.25) is 19.3 Å². The van der Waals surface area contributed by atoms with E-state index in [1.165, 1.54) is 19.1 Å². The summed E-state index contributed by atoms with van der Waals surface area (Å²) >= 11 is 0. The normalized spacial score (nSPS) is 25.9. The zero-order chi connectivity index (χ0) is 24.6. The molecular weight excluding hydrogens is 440 g/mol. The summed E-state index contributed by atoms with van der Waals surface area (Å²) in [6.07, 6.45) is 2.83. The summed E-state index contributed by atoms with van der Waals surface area (Å²) in [4.78, 5) is 63.4. The van der Waals surface area contributed by atoms with Crippen LogP contribution in [-0.4, -0.2) is 53.8 Å². The highest BCUT2D eigenvalue weighted by molar-refractivity contribution is 6.08. The summed E-state index contributed by atoms with van der Waals surface area (Å²) in [5, 5.41) is 2.58. The predicted octanol–water partition coefficient (Wildman–Crippen LogP) is 2.40. The number of amides is 3. The van der Waals surface area contributed by atoms with Crippen LogP contribution in [-0.2, 0) is 28.7 Å². The van der Waals surface area contributed by atoms with Gasteiger partial charge in [0.15, 0.2) is 6.61 Å². The molecule has 2 aliphatic carbocycles. The van der Waals surface area contributed by atoms with Gasteiger partial charge < -0.3 is 14.8 Å². The first kappa shape index (κ1) is 23.9. The van der Waals surface area contributed by atoms with E-state index in [0.29, 0.717) is 17.9 Å². The van der Waals surface area contributed by atoms with E-state index in [2.05, 4.69) is 5.32 Å². The number of ether oxygens (including phenoxy) is 2. The monoisotopic (exact) mass is 470 g/mol. The summed E-state index contributed by atoms with van der Waals surface area (Å²) in [7, 11) is 0. The van der Waals surface area contributed by atoms with E-state index in [-0.39, 0.29) is 41.4 Å². The Morgan fingerprint density at radius 2 is 1.56 bits per heavy atom. The maximum atomic E-state index is 12.8. The fourth-order valence-corrected chi connectivity index (χ4v) is 5.39. The van der Waals surface area contributed by atoms with Gasteiger partial charge in [0.2, 0.25) is 11.8 Å². The number of hydrogen-bond acceptors (Lipinski definition) is 7. The van der Waals surface area contributed by atoms with Crippen LogP contribution in [0.5, 0.6) is 0 Å². The molecule has 9 heteroatoms. The average molecular weight is 471 g/mol. The van der Waals surface area contributed by atoms with Crippen LogP contribution >= 0.6 is 0 Å².